The zero-order chi connectivity index (χ0) is 12.4. The molecule has 0 aliphatic heterocycles. The molecule has 0 amide bonds. The van der Waals surface area contributed by atoms with E-state index in [1.807, 2.05) is 0 Å². The predicted molar refractivity (Wildman–Crippen MR) is 67.1 cm³/mol. The monoisotopic (exact) mass is 255 g/mol. The van der Waals surface area contributed by atoms with E-state index in [-0.39, 0.29) is 0 Å². The van der Waals surface area contributed by atoms with E-state index in [0.717, 1.165) is 11.0 Å². The summed E-state index contributed by atoms with van der Waals surface area (Å²) in [6.07, 6.45) is 3.63. The number of nitrogens with two attached hydrogens (primary N) is 1. The van der Waals surface area contributed by atoms with Crippen LogP contribution in [0.2, 0.25) is 0 Å². The van der Waals surface area contributed by atoms with Crippen molar-refractivity contribution in [2.24, 2.45) is 11.7 Å². The van der Waals surface area contributed by atoms with E-state index in [2.05, 4.69) is 17.2 Å². The lowest BCUT2D eigenvalue weighted by molar-refractivity contribution is -0.138. The highest BCUT2D eigenvalue weighted by Crippen LogP contribution is 2.37. The second kappa shape index (κ2) is 5.01. The summed E-state index contributed by atoms with van der Waals surface area (Å²) in [5.74, 6) is -0.294. The molecule has 1 fully saturated rings. The fraction of sp³-hybridized carbons (Fsp3) is 0.636. The number of nitrogens with one attached hydrogen (secondary N) is 1. The summed E-state index contributed by atoms with van der Waals surface area (Å²) in [6.45, 7) is 2.18. The van der Waals surface area contributed by atoms with E-state index >= 15 is 0 Å². The second-order valence-electron chi connectivity index (χ2n) is 4.43. The highest BCUT2D eigenvalue weighted by Gasteiger charge is 2.36. The molecule has 1 aromatic heterocycles. The molecule has 3 atom stereocenters. The summed E-state index contributed by atoms with van der Waals surface area (Å²) in [4.78, 5) is 14.9. The minimum atomic E-state index is -1.04. The molecular formula is C11H17N3O2S. The van der Waals surface area contributed by atoms with Crippen LogP contribution < -0.4 is 11.1 Å². The third-order valence-corrected chi connectivity index (χ3v) is 3.79. The van der Waals surface area contributed by atoms with E-state index in [4.69, 9.17) is 10.8 Å². The third-order valence-electron chi connectivity index (χ3n) is 3.00. The van der Waals surface area contributed by atoms with Gasteiger partial charge in [0.05, 0.1) is 5.69 Å². The lowest BCUT2D eigenvalue weighted by atomic mass is 10.2. The number of carbonyl (C=O) groups is 1. The summed E-state index contributed by atoms with van der Waals surface area (Å²) in [6, 6.07) is -0.512. The Labute approximate surface area is 104 Å². The number of hydrogen-bond donors (Lipinski definition) is 3. The molecule has 0 aromatic carbocycles. The lowest BCUT2D eigenvalue weighted by Crippen LogP contribution is -2.21. The van der Waals surface area contributed by atoms with E-state index in [1.165, 1.54) is 30.6 Å². The molecule has 94 valence electrons. The van der Waals surface area contributed by atoms with Gasteiger partial charge >= 0.3 is 5.97 Å². The number of nitrogens with zero attached hydrogens (tertiary/aromatic N) is 1. The number of carboxylic acids is 1. The standard InChI is InChI=1S/C11H17N3O2S/c1-2-3-6-4-7(6)13-11-14-8(5-17-11)9(12)10(15)16/h5-7,9H,2-4,12H2,1H3,(H,13,14)(H,15,16). The Morgan fingerprint density at radius 3 is 3.24 bits per heavy atom. The number of anilines is 1. The van der Waals surface area contributed by atoms with Gasteiger partial charge in [-0.05, 0) is 18.8 Å². The highest BCUT2D eigenvalue weighted by molar-refractivity contribution is 7.13. The van der Waals surface area contributed by atoms with Crippen molar-refractivity contribution in [3.63, 3.8) is 0 Å². The molecule has 6 heteroatoms. The normalized spacial score (nSPS) is 24.4. The van der Waals surface area contributed by atoms with Crippen LogP contribution in [0.4, 0.5) is 5.13 Å². The Hall–Kier alpha value is -1.14. The first kappa shape index (κ1) is 12.3. The van der Waals surface area contributed by atoms with Gasteiger partial charge in [-0.1, -0.05) is 13.3 Å². The fourth-order valence-corrected chi connectivity index (χ4v) is 2.70. The SMILES string of the molecule is CCCC1CC1Nc1nc(C(N)C(=O)O)cs1. The Morgan fingerprint density at radius 1 is 1.82 bits per heavy atom. The Balaban J connectivity index is 1.89. The Bertz CT molecular complexity index is 407. The molecule has 1 aromatic rings. The first-order valence-electron chi connectivity index (χ1n) is 5.82. The number of aliphatic carboxylic acids is 1. The zero-order valence-corrected chi connectivity index (χ0v) is 10.5. The molecule has 1 heterocycles. The summed E-state index contributed by atoms with van der Waals surface area (Å²) in [5, 5.41) is 14.6. The molecule has 0 bridgehead atoms. The van der Waals surface area contributed by atoms with Crippen LogP contribution >= 0.6 is 11.3 Å². The van der Waals surface area contributed by atoms with Gasteiger partial charge in [-0.3, -0.25) is 4.79 Å². The van der Waals surface area contributed by atoms with Crippen molar-refractivity contribution in [1.29, 1.82) is 0 Å². The van der Waals surface area contributed by atoms with Crippen LogP contribution in [0.15, 0.2) is 5.38 Å². The summed E-state index contributed by atoms with van der Waals surface area (Å²) < 4.78 is 0. The smallest absolute Gasteiger partial charge is 0.326 e. The van der Waals surface area contributed by atoms with Crippen LogP contribution in [0.1, 0.15) is 37.9 Å². The number of aromatic nitrogens is 1. The topological polar surface area (TPSA) is 88.2 Å². The lowest BCUT2D eigenvalue weighted by Gasteiger charge is -2.02. The molecule has 0 spiro atoms. The molecule has 1 aliphatic carbocycles. The highest BCUT2D eigenvalue weighted by atomic mass is 32.1. The van der Waals surface area contributed by atoms with Gasteiger partial charge in [0.15, 0.2) is 5.13 Å². The van der Waals surface area contributed by atoms with E-state index in [1.54, 1.807) is 5.38 Å². The Morgan fingerprint density at radius 2 is 2.59 bits per heavy atom. The maximum Gasteiger partial charge on any atom is 0.326 e. The van der Waals surface area contributed by atoms with Crippen molar-refractivity contribution in [2.45, 2.75) is 38.3 Å². The predicted octanol–water partition coefficient (Wildman–Crippen LogP) is 1.83. The van der Waals surface area contributed by atoms with Crippen LogP contribution in [0.5, 0.6) is 0 Å². The third kappa shape index (κ3) is 2.95. The number of rotatable bonds is 6. The van der Waals surface area contributed by atoms with Gasteiger partial charge in [0.1, 0.15) is 6.04 Å². The van der Waals surface area contributed by atoms with Crippen molar-refractivity contribution in [3.8, 4) is 0 Å². The minimum absolute atomic E-state index is 0.428. The van der Waals surface area contributed by atoms with Gasteiger partial charge < -0.3 is 16.2 Å². The maximum absolute atomic E-state index is 10.7. The quantitative estimate of drug-likeness (QED) is 0.721. The van der Waals surface area contributed by atoms with Crippen LogP contribution in [0.3, 0.4) is 0 Å². The van der Waals surface area contributed by atoms with Crippen molar-refractivity contribution in [2.75, 3.05) is 5.32 Å². The van der Waals surface area contributed by atoms with E-state index in [0.29, 0.717) is 11.7 Å². The van der Waals surface area contributed by atoms with Crippen molar-refractivity contribution in [1.82, 2.24) is 4.98 Å². The van der Waals surface area contributed by atoms with Gasteiger partial charge in [0, 0.05) is 11.4 Å². The Kier molecular flexibility index (Phi) is 3.63. The van der Waals surface area contributed by atoms with Crippen molar-refractivity contribution in [3.05, 3.63) is 11.1 Å². The molecule has 5 nitrogen and oxygen atoms in total. The van der Waals surface area contributed by atoms with Crippen molar-refractivity contribution >= 4 is 22.4 Å². The summed E-state index contributed by atoms with van der Waals surface area (Å²) >= 11 is 1.42. The molecule has 3 unspecified atom stereocenters. The largest absolute Gasteiger partial charge is 0.480 e. The molecule has 0 radical (unpaired) electrons. The molecule has 1 saturated carbocycles. The van der Waals surface area contributed by atoms with Gasteiger partial charge in [0.25, 0.3) is 0 Å². The fourth-order valence-electron chi connectivity index (χ4n) is 1.89. The first-order valence-corrected chi connectivity index (χ1v) is 6.70. The molecule has 1 aliphatic rings. The average Bonchev–Trinajstić information content (AvgIpc) is 2.84. The van der Waals surface area contributed by atoms with Crippen LogP contribution in [-0.4, -0.2) is 22.1 Å². The zero-order valence-electron chi connectivity index (χ0n) is 9.72. The number of carboxylic acid groups (broad SMARTS) is 1. The van der Waals surface area contributed by atoms with E-state index < -0.39 is 12.0 Å². The molecule has 0 saturated heterocycles. The van der Waals surface area contributed by atoms with Crippen molar-refractivity contribution < 1.29 is 9.90 Å². The molecule has 4 N–H and O–H groups in total. The first-order chi connectivity index (χ1) is 8.11. The van der Waals surface area contributed by atoms with Crippen LogP contribution in [0, 0.1) is 5.92 Å². The minimum Gasteiger partial charge on any atom is -0.480 e. The molecule has 17 heavy (non-hydrogen) atoms. The summed E-state index contributed by atoms with van der Waals surface area (Å²) in [5.41, 5.74) is 5.92. The maximum atomic E-state index is 10.7. The number of hydrogen-bond acceptors (Lipinski definition) is 5. The van der Waals surface area contributed by atoms with E-state index in [9.17, 15) is 4.79 Å². The van der Waals surface area contributed by atoms with Gasteiger partial charge in [-0.15, -0.1) is 11.3 Å². The van der Waals surface area contributed by atoms with Crippen LogP contribution in [0.25, 0.3) is 0 Å². The second-order valence-corrected chi connectivity index (χ2v) is 5.29. The molecular weight excluding hydrogens is 238 g/mol. The average molecular weight is 255 g/mol. The summed E-state index contributed by atoms with van der Waals surface area (Å²) in [7, 11) is 0. The van der Waals surface area contributed by atoms with Gasteiger partial charge in [-0.2, -0.15) is 0 Å². The number of thiazole rings is 1. The molecule has 2 rings (SSSR count). The van der Waals surface area contributed by atoms with Crippen LogP contribution in [-0.2, 0) is 4.79 Å². The van der Waals surface area contributed by atoms with Gasteiger partial charge in [-0.25, -0.2) is 4.98 Å². The van der Waals surface area contributed by atoms with Gasteiger partial charge in [0.2, 0.25) is 0 Å².